The SMILES string of the molecule is Cc1ccccc1OC/C(=N\OCc1ccccc1)c1ccc(F)cc1. The van der Waals surface area contributed by atoms with Gasteiger partial charge >= 0.3 is 0 Å². The van der Waals surface area contributed by atoms with E-state index < -0.39 is 0 Å². The van der Waals surface area contributed by atoms with Crippen LogP contribution in [0.4, 0.5) is 4.39 Å². The van der Waals surface area contributed by atoms with Gasteiger partial charge in [-0.05, 0) is 48.4 Å². The number of para-hydroxylation sites is 1. The fourth-order valence-electron chi connectivity index (χ4n) is 2.43. The summed E-state index contributed by atoms with van der Waals surface area (Å²) in [4.78, 5) is 5.50. The van der Waals surface area contributed by atoms with Crippen LogP contribution in [0.15, 0.2) is 84.0 Å². The zero-order valence-corrected chi connectivity index (χ0v) is 14.6. The number of nitrogens with zero attached hydrogens (tertiary/aromatic N) is 1. The van der Waals surface area contributed by atoms with Crippen molar-refractivity contribution in [3.8, 4) is 5.75 Å². The molecule has 4 heteroatoms. The van der Waals surface area contributed by atoms with Crippen molar-refractivity contribution < 1.29 is 14.0 Å². The van der Waals surface area contributed by atoms with Crippen LogP contribution < -0.4 is 4.74 Å². The number of hydrogen-bond acceptors (Lipinski definition) is 3. The molecular formula is C22H20FNO2. The van der Waals surface area contributed by atoms with Gasteiger partial charge in [0.25, 0.3) is 0 Å². The molecule has 0 saturated carbocycles. The molecule has 3 aromatic carbocycles. The zero-order valence-electron chi connectivity index (χ0n) is 14.6. The largest absolute Gasteiger partial charge is 0.487 e. The van der Waals surface area contributed by atoms with E-state index in [1.165, 1.54) is 12.1 Å². The van der Waals surface area contributed by atoms with Gasteiger partial charge in [-0.25, -0.2) is 4.39 Å². The Morgan fingerprint density at radius 2 is 1.58 bits per heavy atom. The Morgan fingerprint density at radius 1 is 0.885 bits per heavy atom. The molecule has 0 spiro atoms. The number of ether oxygens (including phenoxy) is 1. The molecule has 3 rings (SSSR count). The molecule has 0 fully saturated rings. The van der Waals surface area contributed by atoms with Gasteiger partial charge in [0.15, 0.2) is 0 Å². The van der Waals surface area contributed by atoms with Crippen LogP contribution in [0.2, 0.25) is 0 Å². The monoisotopic (exact) mass is 349 g/mol. The maximum atomic E-state index is 13.2. The van der Waals surface area contributed by atoms with Gasteiger partial charge < -0.3 is 9.57 Å². The van der Waals surface area contributed by atoms with Gasteiger partial charge in [-0.2, -0.15) is 0 Å². The molecule has 3 nitrogen and oxygen atoms in total. The Kier molecular flexibility index (Phi) is 5.99. The third-order valence-corrected chi connectivity index (χ3v) is 3.88. The van der Waals surface area contributed by atoms with Crippen LogP contribution in [0.25, 0.3) is 0 Å². The predicted molar refractivity (Wildman–Crippen MR) is 101 cm³/mol. The van der Waals surface area contributed by atoms with E-state index >= 15 is 0 Å². The highest BCUT2D eigenvalue weighted by atomic mass is 19.1. The Bertz CT molecular complexity index is 861. The highest BCUT2D eigenvalue weighted by molar-refractivity contribution is 6.01. The first-order chi connectivity index (χ1) is 12.7. The van der Waals surface area contributed by atoms with Crippen LogP contribution in [0.1, 0.15) is 16.7 Å². The molecule has 0 heterocycles. The molecule has 26 heavy (non-hydrogen) atoms. The second-order valence-corrected chi connectivity index (χ2v) is 5.86. The summed E-state index contributed by atoms with van der Waals surface area (Å²) in [5.74, 6) is 0.489. The smallest absolute Gasteiger partial charge is 0.142 e. The van der Waals surface area contributed by atoms with Crippen LogP contribution in [0.5, 0.6) is 5.75 Å². The topological polar surface area (TPSA) is 30.8 Å². The van der Waals surface area contributed by atoms with Gasteiger partial charge in [0.05, 0.1) is 0 Å². The van der Waals surface area contributed by atoms with Gasteiger partial charge in [0.2, 0.25) is 0 Å². The van der Waals surface area contributed by atoms with Gasteiger partial charge in [0, 0.05) is 5.56 Å². The average Bonchev–Trinajstić information content (AvgIpc) is 2.67. The Labute approximate surface area is 152 Å². The van der Waals surface area contributed by atoms with E-state index in [0.717, 1.165) is 22.4 Å². The third-order valence-electron chi connectivity index (χ3n) is 3.88. The van der Waals surface area contributed by atoms with Crippen molar-refractivity contribution in [3.63, 3.8) is 0 Å². The van der Waals surface area contributed by atoms with Crippen molar-refractivity contribution in [2.45, 2.75) is 13.5 Å². The maximum absolute atomic E-state index is 13.2. The van der Waals surface area contributed by atoms with E-state index in [0.29, 0.717) is 12.3 Å². The molecule has 0 saturated heterocycles. The van der Waals surface area contributed by atoms with Crippen molar-refractivity contribution in [1.82, 2.24) is 0 Å². The third kappa shape index (κ3) is 4.93. The molecule has 0 bridgehead atoms. The molecule has 0 aliphatic rings. The fraction of sp³-hybridized carbons (Fsp3) is 0.136. The van der Waals surface area contributed by atoms with E-state index in [2.05, 4.69) is 5.16 Å². The summed E-state index contributed by atoms with van der Waals surface area (Å²) in [5, 5.41) is 4.23. The summed E-state index contributed by atoms with van der Waals surface area (Å²) in [6.45, 7) is 2.57. The second-order valence-electron chi connectivity index (χ2n) is 5.86. The highest BCUT2D eigenvalue weighted by Gasteiger charge is 2.08. The Morgan fingerprint density at radius 3 is 2.31 bits per heavy atom. The lowest BCUT2D eigenvalue weighted by molar-refractivity contribution is 0.129. The number of rotatable bonds is 7. The minimum atomic E-state index is -0.293. The molecule has 0 unspecified atom stereocenters. The average molecular weight is 349 g/mol. The fourth-order valence-corrected chi connectivity index (χ4v) is 2.43. The summed E-state index contributed by atoms with van der Waals surface area (Å²) < 4.78 is 19.1. The van der Waals surface area contributed by atoms with Gasteiger partial charge in [0.1, 0.15) is 30.5 Å². The normalized spacial score (nSPS) is 11.2. The molecule has 3 aromatic rings. The molecule has 0 radical (unpaired) electrons. The summed E-state index contributed by atoms with van der Waals surface area (Å²) in [5.41, 5.74) is 3.42. The van der Waals surface area contributed by atoms with Crippen molar-refractivity contribution in [3.05, 3.63) is 101 Å². The van der Waals surface area contributed by atoms with Crippen LogP contribution >= 0.6 is 0 Å². The van der Waals surface area contributed by atoms with Crippen LogP contribution in [-0.4, -0.2) is 12.3 Å². The molecule has 0 N–H and O–H groups in total. The van der Waals surface area contributed by atoms with Gasteiger partial charge in [-0.3, -0.25) is 0 Å². The lowest BCUT2D eigenvalue weighted by Crippen LogP contribution is -2.14. The van der Waals surface area contributed by atoms with E-state index in [1.807, 2.05) is 61.5 Å². The van der Waals surface area contributed by atoms with Gasteiger partial charge in [-0.15, -0.1) is 0 Å². The van der Waals surface area contributed by atoms with E-state index in [4.69, 9.17) is 9.57 Å². The number of halogens is 1. The number of oxime groups is 1. The maximum Gasteiger partial charge on any atom is 0.142 e. The Hall–Kier alpha value is -3.14. The lowest BCUT2D eigenvalue weighted by Gasteiger charge is -2.11. The number of benzene rings is 3. The molecule has 0 aliphatic heterocycles. The summed E-state index contributed by atoms with van der Waals surface area (Å²) in [6, 6.07) is 23.7. The summed E-state index contributed by atoms with van der Waals surface area (Å²) in [7, 11) is 0. The molecule has 0 amide bonds. The summed E-state index contributed by atoms with van der Waals surface area (Å²) >= 11 is 0. The van der Waals surface area contributed by atoms with Gasteiger partial charge in [-0.1, -0.05) is 53.7 Å². The lowest BCUT2D eigenvalue weighted by atomic mass is 10.1. The minimum absolute atomic E-state index is 0.227. The van der Waals surface area contributed by atoms with E-state index in [-0.39, 0.29) is 12.4 Å². The standard InChI is InChI=1S/C22H20FNO2/c1-17-7-5-6-10-22(17)25-16-21(19-11-13-20(23)14-12-19)24-26-15-18-8-3-2-4-9-18/h2-14H,15-16H2,1H3/b24-21+. The number of aryl methyl sites for hydroxylation is 1. The highest BCUT2D eigenvalue weighted by Crippen LogP contribution is 2.17. The molecule has 0 aromatic heterocycles. The van der Waals surface area contributed by atoms with Crippen LogP contribution in [0.3, 0.4) is 0 Å². The number of hydrogen-bond donors (Lipinski definition) is 0. The van der Waals surface area contributed by atoms with E-state index in [9.17, 15) is 4.39 Å². The van der Waals surface area contributed by atoms with Crippen molar-refractivity contribution in [2.24, 2.45) is 5.16 Å². The first kappa shape index (κ1) is 17.7. The van der Waals surface area contributed by atoms with Crippen molar-refractivity contribution >= 4 is 5.71 Å². The predicted octanol–water partition coefficient (Wildman–Crippen LogP) is 5.13. The zero-order chi connectivity index (χ0) is 18.2. The van der Waals surface area contributed by atoms with Crippen LogP contribution in [-0.2, 0) is 11.4 Å². The molecular weight excluding hydrogens is 329 g/mol. The van der Waals surface area contributed by atoms with Crippen LogP contribution in [0, 0.1) is 12.7 Å². The first-order valence-corrected chi connectivity index (χ1v) is 8.39. The van der Waals surface area contributed by atoms with Crippen molar-refractivity contribution in [2.75, 3.05) is 6.61 Å². The quantitative estimate of drug-likeness (QED) is 0.437. The second kappa shape index (κ2) is 8.81. The van der Waals surface area contributed by atoms with E-state index in [1.54, 1.807) is 12.1 Å². The Balaban J connectivity index is 1.74. The molecule has 132 valence electrons. The summed E-state index contributed by atoms with van der Waals surface area (Å²) in [6.07, 6.45) is 0. The van der Waals surface area contributed by atoms with Crippen molar-refractivity contribution in [1.29, 1.82) is 0 Å². The minimum Gasteiger partial charge on any atom is -0.487 e. The first-order valence-electron chi connectivity index (χ1n) is 8.39. The molecule has 0 aliphatic carbocycles. The molecule has 0 atom stereocenters.